The lowest BCUT2D eigenvalue weighted by Crippen LogP contribution is -2.48. The molecule has 0 unspecified atom stereocenters. The normalized spacial score (nSPS) is 14.6. The van der Waals surface area contributed by atoms with Crippen molar-refractivity contribution >= 4 is 40.4 Å². The van der Waals surface area contributed by atoms with E-state index in [1.165, 1.54) is 23.5 Å². The molecule has 1 aromatic heterocycles. The third kappa shape index (κ3) is 5.57. The molecule has 1 aliphatic heterocycles. The van der Waals surface area contributed by atoms with Crippen LogP contribution >= 0.6 is 34.5 Å². The third-order valence-electron chi connectivity index (χ3n) is 5.16. The molecule has 162 valence electrons. The molecule has 2 heterocycles. The molecule has 0 bridgehead atoms. The van der Waals surface area contributed by atoms with Crippen molar-refractivity contribution in [1.29, 1.82) is 0 Å². The van der Waals surface area contributed by atoms with Gasteiger partial charge < -0.3 is 9.64 Å². The molecule has 0 saturated carbocycles. The number of ether oxygens (including phenoxy) is 1. The van der Waals surface area contributed by atoms with Gasteiger partial charge >= 0.3 is 0 Å². The van der Waals surface area contributed by atoms with E-state index in [2.05, 4.69) is 4.90 Å². The van der Waals surface area contributed by atoms with Crippen LogP contribution in [0.1, 0.15) is 20.8 Å². The Balaban J connectivity index is 1.29. The zero-order valence-corrected chi connectivity index (χ0v) is 19.0. The molecule has 1 saturated heterocycles. The third-order valence-corrected chi connectivity index (χ3v) is 6.80. The van der Waals surface area contributed by atoms with Crippen LogP contribution in [0.3, 0.4) is 0 Å². The fourth-order valence-corrected chi connectivity index (χ4v) is 4.72. The van der Waals surface area contributed by atoms with Gasteiger partial charge in [0.05, 0.1) is 9.90 Å². The number of amides is 1. The van der Waals surface area contributed by atoms with Crippen molar-refractivity contribution in [2.45, 2.75) is 13.2 Å². The lowest BCUT2D eigenvalue weighted by molar-refractivity contribution is 0.0633. The first-order chi connectivity index (χ1) is 15.0. The predicted octanol–water partition coefficient (Wildman–Crippen LogP) is 5.73. The molecule has 1 amide bonds. The number of carbonyl (C=O) groups excluding carboxylic acids is 1. The number of hydrogen-bond acceptors (Lipinski definition) is 4. The van der Waals surface area contributed by atoms with E-state index in [4.69, 9.17) is 27.9 Å². The minimum atomic E-state index is -0.336. The van der Waals surface area contributed by atoms with Gasteiger partial charge in [0.1, 0.15) is 18.2 Å². The number of carbonyl (C=O) groups is 1. The summed E-state index contributed by atoms with van der Waals surface area (Å²) in [5.41, 5.74) is 1.84. The Morgan fingerprint density at radius 1 is 1.03 bits per heavy atom. The van der Waals surface area contributed by atoms with Crippen molar-refractivity contribution in [1.82, 2.24) is 9.80 Å². The van der Waals surface area contributed by atoms with Gasteiger partial charge in [-0.15, -0.1) is 11.3 Å². The maximum Gasteiger partial charge on any atom is 0.264 e. The van der Waals surface area contributed by atoms with Crippen molar-refractivity contribution in [2.75, 3.05) is 26.2 Å². The van der Waals surface area contributed by atoms with Crippen LogP contribution in [-0.4, -0.2) is 41.9 Å². The highest BCUT2D eigenvalue weighted by Gasteiger charge is 2.23. The number of piperazine rings is 1. The van der Waals surface area contributed by atoms with E-state index in [-0.39, 0.29) is 11.7 Å². The molecule has 1 fully saturated rings. The average Bonchev–Trinajstić information content (AvgIpc) is 3.24. The fraction of sp³-hybridized carbons (Fsp3) is 0.261. The van der Waals surface area contributed by atoms with Gasteiger partial charge in [-0.05, 0) is 41.3 Å². The Bertz CT molecular complexity index is 1070. The van der Waals surface area contributed by atoms with Crippen molar-refractivity contribution in [3.8, 4) is 5.75 Å². The first-order valence-corrected chi connectivity index (χ1v) is 11.5. The Morgan fingerprint density at radius 2 is 1.81 bits per heavy atom. The van der Waals surface area contributed by atoms with Gasteiger partial charge in [-0.2, -0.15) is 0 Å². The number of benzene rings is 2. The second-order valence-electron chi connectivity index (χ2n) is 7.34. The molecule has 3 aromatic rings. The van der Waals surface area contributed by atoms with Crippen molar-refractivity contribution in [3.05, 3.63) is 85.8 Å². The molecule has 8 heteroatoms. The van der Waals surface area contributed by atoms with Gasteiger partial charge in [0.2, 0.25) is 0 Å². The van der Waals surface area contributed by atoms with Crippen LogP contribution in [0.5, 0.6) is 5.75 Å². The largest absolute Gasteiger partial charge is 0.487 e. The van der Waals surface area contributed by atoms with E-state index >= 15 is 0 Å². The summed E-state index contributed by atoms with van der Waals surface area (Å²) in [4.78, 5) is 17.7. The number of para-hydroxylation sites is 1. The highest BCUT2D eigenvalue weighted by Crippen LogP contribution is 2.26. The summed E-state index contributed by atoms with van der Waals surface area (Å²) in [5.74, 6) is 0.325. The van der Waals surface area contributed by atoms with Gasteiger partial charge in [-0.3, -0.25) is 9.69 Å². The molecule has 0 radical (unpaired) electrons. The lowest BCUT2D eigenvalue weighted by atomic mass is 10.2. The fourth-order valence-electron chi connectivity index (χ4n) is 3.44. The number of thiophene rings is 1. The van der Waals surface area contributed by atoms with Gasteiger partial charge in [0.15, 0.2) is 0 Å². The molecular formula is C23H21Cl2FN2O2S. The maximum atomic E-state index is 13.2. The molecule has 4 rings (SSSR count). The summed E-state index contributed by atoms with van der Waals surface area (Å²) in [5, 5.41) is 2.94. The molecule has 31 heavy (non-hydrogen) atoms. The summed E-state index contributed by atoms with van der Waals surface area (Å²) >= 11 is 13.7. The summed E-state index contributed by atoms with van der Waals surface area (Å²) in [6, 6.07) is 13.7. The standard InChI is InChI=1S/C23H21Cl2FN2O2S/c24-19-3-1-2-4-21(19)30-14-16-11-22(31-15-16)23(29)28-9-7-27(8-10-28)13-17-5-6-18(26)12-20(17)25/h1-6,11-12,15H,7-10,13-14H2. The summed E-state index contributed by atoms with van der Waals surface area (Å²) in [7, 11) is 0. The second-order valence-corrected chi connectivity index (χ2v) is 9.07. The van der Waals surface area contributed by atoms with Gasteiger partial charge in [0, 0.05) is 43.3 Å². The average molecular weight is 479 g/mol. The molecule has 0 atom stereocenters. The smallest absolute Gasteiger partial charge is 0.264 e. The first kappa shape index (κ1) is 22.1. The molecule has 4 nitrogen and oxygen atoms in total. The molecule has 2 aromatic carbocycles. The van der Waals surface area contributed by atoms with E-state index in [1.54, 1.807) is 12.1 Å². The number of rotatable bonds is 6. The van der Waals surface area contributed by atoms with Crippen LogP contribution in [-0.2, 0) is 13.2 Å². The zero-order valence-electron chi connectivity index (χ0n) is 16.7. The maximum absolute atomic E-state index is 13.2. The number of halogens is 3. The Hall–Kier alpha value is -2.12. The molecular weight excluding hydrogens is 458 g/mol. The van der Waals surface area contributed by atoms with Crippen LogP contribution < -0.4 is 4.74 Å². The predicted molar refractivity (Wildman–Crippen MR) is 123 cm³/mol. The van der Waals surface area contributed by atoms with Gasteiger partial charge in [-0.1, -0.05) is 41.4 Å². The first-order valence-electron chi connectivity index (χ1n) is 9.90. The molecule has 0 spiro atoms. The number of hydrogen-bond donors (Lipinski definition) is 0. The van der Waals surface area contributed by atoms with Crippen LogP contribution in [0.15, 0.2) is 53.9 Å². The second kappa shape index (κ2) is 10.0. The summed E-state index contributed by atoms with van der Waals surface area (Å²) < 4.78 is 19.0. The van der Waals surface area contributed by atoms with Crippen LogP contribution in [0.25, 0.3) is 0 Å². The van der Waals surface area contributed by atoms with Crippen molar-refractivity contribution in [3.63, 3.8) is 0 Å². The van der Waals surface area contributed by atoms with E-state index in [1.807, 2.05) is 34.5 Å². The summed E-state index contributed by atoms with van der Waals surface area (Å²) in [6.07, 6.45) is 0. The molecule has 1 aliphatic rings. The van der Waals surface area contributed by atoms with E-state index in [9.17, 15) is 9.18 Å². The van der Waals surface area contributed by atoms with E-state index in [0.717, 1.165) is 24.2 Å². The lowest BCUT2D eigenvalue weighted by Gasteiger charge is -2.34. The number of nitrogens with zero attached hydrogens (tertiary/aromatic N) is 2. The monoisotopic (exact) mass is 478 g/mol. The quantitative estimate of drug-likeness (QED) is 0.453. The minimum Gasteiger partial charge on any atom is -0.487 e. The minimum absolute atomic E-state index is 0.0356. The van der Waals surface area contributed by atoms with Crippen molar-refractivity contribution in [2.24, 2.45) is 0 Å². The topological polar surface area (TPSA) is 32.8 Å². The highest BCUT2D eigenvalue weighted by atomic mass is 35.5. The zero-order chi connectivity index (χ0) is 21.8. The van der Waals surface area contributed by atoms with Crippen molar-refractivity contribution < 1.29 is 13.9 Å². The van der Waals surface area contributed by atoms with Crippen LogP contribution in [0.4, 0.5) is 4.39 Å². The van der Waals surface area contributed by atoms with Crippen LogP contribution in [0, 0.1) is 5.82 Å². The summed E-state index contributed by atoms with van der Waals surface area (Å²) in [6.45, 7) is 3.77. The highest BCUT2D eigenvalue weighted by molar-refractivity contribution is 7.12. The molecule has 0 aliphatic carbocycles. The Labute approximate surface area is 194 Å². The van der Waals surface area contributed by atoms with E-state index in [0.29, 0.717) is 46.9 Å². The Kier molecular flexibility index (Phi) is 7.13. The van der Waals surface area contributed by atoms with E-state index < -0.39 is 0 Å². The SMILES string of the molecule is O=C(c1cc(COc2ccccc2Cl)cs1)N1CCN(Cc2ccc(F)cc2Cl)CC1. The molecule has 0 N–H and O–H groups in total. The Morgan fingerprint density at radius 3 is 2.55 bits per heavy atom. The van der Waals surface area contributed by atoms with Gasteiger partial charge in [-0.25, -0.2) is 4.39 Å². The van der Waals surface area contributed by atoms with Crippen LogP contribution in [0.2, 0.25) is 10.0 Å². The van der Waals surface area contributed by atoms with Gasteiger partial charge in [0.25, 0.3) is 5.91 Å².